The van der Waals surface area contributed by atoms with Gasteiger partial charge in [0.2, 0.25) is 12.7 Å². The van der Waals surface area contributed by atoms with Gasteiger partial charge in [0, 0.05) is 19.6 Å². The van der Waals surface area contributed by atoms with E-state index in [1.165, 1.54) is 7.05 Å². The van der Waals surface area contributed by atoms with Gasteiger partial charge in [0.25, 0.3) is 10.2 Å². The topological polar surface area (TPSA) is 106 Å². The lowest BCUT2D eigenvalue weighted by molar-refractivity contribution is -0.125. The Labute approximate surface area is 175 Å². The first-order valence-corrected chi connectivity index (χ1v) is 10.9. The predicted octanol–water partition coefficient (Wildman–Crippen LogP) is 1.32. The molecule has 2 aliphatic rings. The zero-order valence-electron chi connectivity index (χ0n) is 16.6. The van der Waals surface area contributed by atoms with Gasteiger partial charge < -0.3 is 19.5 Å². The molecule has 10 heteroatoms. The van der Waals surface area contributed by atoms with Gasteiger partial charge in [-0.25, -0.2) is 0 Å². The molecule has 1 fully saturated rings. The molecule has 2 aromatic rings. The van der Waals surface area contributed by atoms with Crippen molar-refractivity contribution in [3.63, 3.8) is 0 Å². The Bertz CT molecular complexity index is 1040. The summed E-state index contributed by atoms with van der Waals surface area (Å²) in [4.78, 5) is 12.9. The highest BCUT2D eigenvalue weighted by atomic mass is 32.2. The van der Waals surface area contributed by atoms with Crippen LogP contribution in [0.15, 0.2) is 42.5 Å². The van der Waals surface area contributed by atoms with Gasteiger partial charge in [-0.05, 0) is 41.8 Å². The van der Waals surface area contributed by atoms with Crippen LogP contribution in [0.5, 0.6) is 17.2 Å². The van der Waals surface area contributed by atoms with Gasteiger partial charge in [-0.3, -0.25) is 4.79 Å². The molecule has 2 aliphatic heterocycles. The van der Waals surface area contributed by atoms with Crippen molar-refractivity contribution in [2.45, 2.75) is 25.0 Å². The van der Waals surface area contributed by atoms with Gasteiger partial charge >= 0.3 is 0 Å². The molecule has 0 spiro atoms. The summed E-state index contributed by atoms with van der Waals surface area (Å²) in [5, 5.41) is 2.83. The van der Waals surface area contributed by atoms with E-state index in [0.717, 1.165) is 15.4 Å². The maximum atomic E-state index is 12.9. The van der Waals surface area contributed by atoms with Gasteiger partial charge in [0.1, 0.15) is 11.8 Å². The second kappa shape index (κ2) is 8.13. The number of amides is 1. The number of likely N-dealkylation sites (N-methyl/N-ethyl adjacent to an activating group) is 1. The molecular formula is C20H23N3O6S. The van der Waals surface area contributed by atoms with Crippen LogP contribution in [0.2, 0.25) is 0 Å². The average molecular weight is 433 g/mol. The first-order valence-electron chi connectivity index (χ1n) is 9.43. The summed E-state index contributed by atoms with van der Waals surface area (Å²) in [6.45, 7) is 0.427. The third-order valence-electron chi connectivity index (χ3n) is 5.29. The molecule has 0 saturated carbocycles. The van der Waals surface area contributed by atoms with Crippen LogP contribution >= 0.6 is 0 Å². The van der Waals surface area contributed by atoms with Crippen LogP contribution in [-0.4, -0.2) is 45.6 Å². The summed E-state index contributed by atoms with van der Waals surface area (Å²) in [6.07, 6.45) is 0.301. The Morgan fingerprint density at radius 3 is 2.67 bits per heavy atom. The molecule has 0 aromatic heterocycles. The van der Waals surface area contributed by atoms with E-state index in [1.807, 2.05) is 6.07 Å². The highest BCUT2D eigenvalue weighted by Crippen LogP contribution is 2.33. The number of fused-ring (bicyclic) bond motifs is 1. The minimum atomic E-state index is -3.80. The number of carbonyl (C=O) groups is 1. The number of methoxy groups -OCH3 is 1. The van der Waals surface area contributed by atoms with Gasteiger partial charge in [-0.15, -0.1) is 0 Å². The Morgan fingerprint density at radius 2 is 1.93 bits per heavy atom. The van der Waals surface area contributed by atoms with Crippen molar-refractivity contribution in [3.05, 3.63) is 53.6 Å². The summed E-state index contributed by atoms with van der Waals surface area (Å²) in [7, 11) is -0.841. The molecule has 30 heavy (non-hydrogen) atoms. The molecule has 4 rings (SSSR count). The van der Waals surface area contributed by atoms with Crippen molar-refractivity contribution in [2.75, 3.05) is 21.0 Å². The van der Waals surface area contributed by atoms with E-state index in [2.05, 4.69) is 10.0 Å². The molecular weight excluding hydrogens is 410 g/mol. The quantitative estimate of drug-likeness (QED) is 0.737. The van der Waals surface area contributed by atoms with Crippen LogP contribution < -0.4 is 24.2 Å². The summed E-state index contributed by atoms with van der Waals surface area (Å²) in [5.41, 5.74) is 1.60. The van der Waals surface area contributed by atoms with E-state index < -0.39 is 22.3 Å². The number of benzene rings is 2. The van der Waals surface area contributed by atoms with E-state index in [9.17, 15) is 13.2 Å². The lowest BCUT2D eigenvalue weighted by atomic mass is 9.99. The van der Waals surface area contributed by atoms with E-state index in [1.54, 1.807) is 43.5 Å². The Balaban J connectivity index is 1.47. The minimum absolute atomic E-state index is 0.176. The number of ether oxygens (including phenoxy) is 3. The molecule has 0 unspecified atom stereocenters. The average Bonchev–Trinajstić information content (AvgIpc) is 3.21. The molecule has 1 amide bonds. The third kappa shape index (κ3) is 4.07. The standard InChI is InChI=1S/C20H23N3O6S/c1-23-17(20(24)21-11-13-3-8-18-19(9-13)29-12-28-18)10-16(22-30(23,25)26)14-4-6-15(27-2)7-5-14/h3-9,16-17,22H,10-12H2,1-2H3,(H,21,24)/t16-,17+/m0/s1. The van der Waals surface area contributed by atoms with Crippen molar-refractivity contribution in [1.29, 1.82) is 0 Å². The fourth-order valence-electron chi connectivity index (χ4n) is 3.52. The Hall–Kier alpha value is -2.82. The van der Waals surface area contributed by atoms with E-state index in [4.69, 9.17) is 14.2 Å². The molecule has 2 N–H and O–H groups in total. The van der Waals surface area contributed by atoms with Crippen molar-refractivity contribution in [2.24, 2.45) is 0 Å². The van der Waals surface area contributed by atoms with Gasteiger partial charge in [-0.2, -0.15) is 17.4 Å². The fraction of sp³-hybridized carbons (Fsp3) is 0.350. The number of hydrogen-bond donors (Lipinski definition) is 2. The number of nitrogens with zero attached hydrogens (tertiary/aromatic N) is 1. The first kappa shape index (κ1) is 20.5. The van der Waals surface area contributed by atoms with E-state index in [-0.39, 0.29) is 19.2 Å². The van der Waals surface area contributed by atoms with Crippen LogP contribution in [0, 0.1) is 0 Å². The lowest BCUT2D eigenvalue weighted by Gasteiger charge is -2.36. The highest BCUT2D eigenvalue weighted by molar-refractivity contribution is 7.87. The third-order valence-corrected chi connectivity index (χ3v) is 6.89. The number of rotatable bonds is 5. The number of carbonyl (C=O) groups excluding carboxylic acids is 1. The van der Waals surface area contributed by atoms with Crippen molar-refractivity contribution in [1.82, 2.24) is 14.3 Å². The highest BCUT2D eigenvalue weighted by Gasteiger charge is 2.40. The smallest absolute Gasteiger partial charge is 0.280 e. The molecule has 9 nitrogen and oxygen atoms in total. The van der Waals surface area contributed by atoms with Crippen molar-refractivity contribution < 1.29 is 27.4 Å². The molecule has 160 valence electrons. The minimum Gasteiger partial charge on any atom is -0.497 e. The van der Waals surface area contributed by atoms with E-state index in [0.29, 0.717) is 23.7 Å². The summed E-state index contributed by atoms with van der Waals surface area (Å²) in [5.74, 6) is 1.60. The van der Waals surface area contributed by atoms with Crippen LogP contribution in [0.3, 0.4) is 0 Å². The number of hydrogen-bond acceptors (Lipinski definition) is 6. The first-order chi connectivity index (χ1) is 14.4. The zero-order chi connectivity index (χ0) is 21.3. The second-order valence-electron chi connectivity index (χ2n) is 7.12. The normalized spacial score (nSPS) is 22.5. The summed E-state index contributed by atoms with van der Waals surface area (Å²) in [6, 6.07) is 11.2. The monoisotopic (exact) mass is 433 g/mol. The molecule has 0 aliphatic carbocycles. The molecule has 2 heterocycles. The van der Waals surface area contributed by atoms with Crippen molar-refractivity contribution in [3.8, 4) is 17.2 Å². The second-order valence-corrected chi connectivity index (χ2v) is 8.88. The molecule has 1 saturated heterocycles. The molecule has 0 bridgehead atoms. The van der Waals surface area contributed by atoms with E-state index >= 15 is 0 Å². The van der Waals surface area contributed by atoms with Gasteiger partial charge in [0.15, 0.2) is 11.5 Å². The maximum absolute atomic E-state index is 12.9. The number of nitrogens with one attached hydrogen (secondary N) is 2. The Kier molecular flexibility index (Phi) is 5.54. The molecule has 2 aromatic carbocycles. The summed E-state index contributed by atoms with van der Waals surface area (Å²) < 4.78 is 44.6. The molecule has 2 atom stereocenters. The van der Waals surface area contributed by atoms with Crippen LogP contribution in [0.4, 0.5) is 0 Å². The largest absolute Gasteiger partial charge is 0.497 e. The van der Waals surface area contributed by atoms with Gasteiger partial charge in [0.05, 0.1) is 7.11 Å². The predicted molar refractivity (Wildman–Crippen MR) is 108 cm³/mol. The van der Waals surface area contributed by atoms with Crippen LogP contribution in [0.1, 0.15) is 23.6 Å². The van der Waals surface area contributed by atoms with Crippen molar-refractivity contribution >= 4 is 16.1 Å². The summed E-state index contributed by atoms with van der Waals surface area (Å²) >= 11 is 0. The van der Waals surface area contributed by atoms with Crippen LogP contribution in [0.25, 0.3) is 0 Å². The van der Waals surface area contributed by atoms with Crippen LogP contribution in [-0.2, 0) is 21.5 Å². The Morgan fingerprint density at radius 1 is 1.20 bits per heavy atom. The van der Waals surface area contributed by atoms with Gasteiger partial charge in [-0.1, -0.05) is 18.2 Å². The zero-order valence-corrected chi connectivity index (χ0v) is 17.4. The SMILES string of the molecule is COc1ccc([C@@H]2C[C@H](C(=O)NCc3ccc4c(c3)OCO4)N(C)S(=O)(=O)N2)cc1. The maximum Gasteiger partial charge on any atom is 0.280 e. The molecule has 0 radical (unpaired) electrons. The lowest BCUT2D eigenvalue weighted by Crippen LogP contribution is -2.57. The fourth-order valence-corrected chi connectivity index (χ4v) is 4.80.